The Balaban J connectivity index is 2.20. The van der Waals surface area contributed by atoms with Crippen molar-refractivity contribution in [1.82, 2.24) is 0 Å². The lowest BCUT2D eigenvalue weighted by atomic mass is 9.99. The fourth-order valence-corrected chi connectivity index (χ4v) is 2.32. The van der Waals surface area contributed by atoms with Crippen molar-refractivity contribution in [3.05, 3.63) is 59.2 Å². The van der Waals surface area contributed by atoms with Gasteiger partial charge in [-0.15, -0.1) is 0 Å². The maximum atomic E-state index is 12.4. The average molecular weight is 268 g/mol. The van der Waals surface area contributed by atoms with Crippen LogP contribution in [0.1, 0.15) is 29.5 Å². The van der Waals surface area contributed by atoms with Gasteiger partial charge in [-0.2, -0.15) is 0 Å². The fraction of sp³-hybridized carbons (Fsp3) is 0.235. The summed E-state index contributed by atoms with van der Waals surface area (Å²) in [5, 5.41) is 3.01. The van der Waals surface area contributed by atoms with Crippen LogP contribution < -0.4 is 11.1 Å². The maximum Gasteiger partial charge on any atom is 0.231 e. The van der Waals surface area contributed by atoms with Gasteiger partial charge in [-0.25, -0.2) is 0 Å². The van der Waals surface area contributed by atoms with E-state index in [1.54, 1.807) is 0 Å². The van der Waals surface area contributed by atoms with Crippen molar-refractivity contribution >= 4 is 17.3 Å². The second kappa shape index (κ2) is 5.78. The first-order chi connectivity index (χ1) is 9.49. The van der Waals surface area contributed by atoms with E-state index in [9.17, 15) is 4.79 Å². The van der Waals surface area contributed by atoms with Crippen LogP contribution in [0.5, 0.6) is 0 Å². The second-order valence-electron chi connectivity index (χ2n) is 5.15. The van der Waals surface area contributed by atoms with E-state index < -0.39 is 0 Å². The number of anilines is 2. The van der Waals surface area contributed by atoms with Gasteiger partial charge >= 0.3 is 0 Å². The minimum Gasteiger partial charge on any atom is -0.399 e. The highest BCUT2D eigenvalue weighted by molar-refractivity contribution is 5.97. The standard InChI is InChI=1S/C17H20N2O/c1-11-9-15(18)10-12(2)16(11)19-17(20)13(3)14-7-5-4-6-8-14/h4-10,13H,18H2,1-3H3,(H,19,20). The van der Waals surface area contributed by atoms with E-state index >= 15 is 0 Å². The van der Waals surface area contributed by atoms with Gasteiger partial charge in [0, 0.05) is 11.4 Å². The van der Waals surface area contributed by atoms with Crippen molar-refractivity contribution < 1.29 is 4.79 Å². The first-order valence-electron chi connectivity index (χ1n) is 6.71. The van der Waals surface area contributed by atoms with Crippen LogP contribution in [0.3, 0.4) is 0 Å². The fourth-order valence-electron chi connectivity index (χ4n) is 2.32. The third kappa shape index (κ3) is 2.99. The number of hydrogen-bond acceptors (Lipinski definition) is 2. The minimum absolute atomic E-state index is 0.00725. The van der Waals surface area contributed by atoms with Gasteiger partial charge in [-0.05, 0) is 49.6 Å². The highest BCUT2D eigenvalue weighted by Gasteiger charge is 2.16. The predicted molar refractivity (Wildman–Crippen MR) is 83.8 cm³/mol. The van der Waals surface area contributed by atoms with Crippen LogP contribution in [0, 0.1) is 13.8 Å². The van der Waals surface area contributed by atoms with Gasteiger partial charge in [0.25, 0.3) is 0 Å². The van der Waals surface area contributed by atoms with Gasteiger partial charge in [0.2, 0.25) is 5.91 Å². The zero-order valence-electron chi connectivity index (χ0n) is 12.1. The summed E-state index contributed by atoms with van der Waals surface area (Å²) in [6.45, 7) is 5.81. The molecule has 3 N–H and O–H groups in total. The molecule has 0 aliphatic heterocycles. The van der Waals surface area contributed by atoms with Gasteiger partial charge in [-0.3, -0.25) is 4.79 Å². The third-order valence-corrected chi connectivity index (χ3v) is 3.50. The van der Waals surface area contributed by atoms with Crippen LogP contribution in [0.2, 0.25) is 0 Å². The van der Waals surface area contributed by atoms with E-state index in [2.05, 4.69) is 5.32 Å². The molecule has 0 bridgehead atoms. The predicted octanol–water partition coefficient (Wildman–Crippen LogP) is 3.63. The molecule has 0 radical (unpaired) electrons. The Hall–Kier alpha value is -2.29. The summed E-state index contributed by atoms with van der Waals surface area (Å²) < 4.78 is 0. The topological polar surface area (TPSA) is 55.1 Å². The number of nitrogen functional groups attached to an aromatic ring is 1. The lowest BCUT2D eigenvalue weighted by molar-refractivity contribution is -0.117. The van der Waals surface area contributed by atoms with E-state index in [1.165, 1.54) is 0 Å². The Morgan fingerprint density at radius 1 is 1.10 bits per heavy atom. The molecule has 104 valence electrons. The molecular formula is C17H20N2O. The van der Waals surface area contributed by atoms with Crippen molar-refractivity contribution in [2.75, 3.05) is 11.1 Å². The summed E-state index contributed by atoms with van der Waals surface area (Å²) in [4.78, 5) is 12.4. The summed E-state index contributed by atoms with van der Waals surface area (Å²) in [6.07, 6.45) is 0. The molecule has 0 spiro atoms. The van der Waals surface area contributed by atoms with Crippen LogP contribution in [0.15, 0.2) is 42.5 Å². The number of benzene rings is 2. The molecular weight excluding hydrogens is 248 g/mol. The molecule has 0 saturated heterocycles. The molecule has 0 aliphatic rings. The lowest BCUT2D eigenvalue weighted by Crippen LogP contribution is -2.20. The highest BCUT2D eigenvalue weighted by atomic mass is 16.1. The van der Waals surface area contributed by atoms with Gasteiger partial charge in [0.15, 0.2) is 0 Å². The number of carbonyl (C=O) groups excluding carboxylic acids is 1. The van der Waals surface area contributed by atoms with Gasteiger partial charge < -0.3 is 11.1 Å². The molecule has 0 heterocycles. The van der Waals surface area contributed by atoms with E-state index in [0.717, 1.165) is 22.4 Å². The molecule has 2 aromatic rings. The number of nitrogens with two attached hydrogens (primary N) is 1. The molecule has 0 saturated carbocycles. The number of carbonyl (C=O) groups is 1. The Morgan fingerprint density at radius 2 is 1.65 bits per heavy atom. The number of hydrogen-bond donors (Lipinski definition) is 2. The molecule has 3 heteroatoms. The molecule has 3 nitrogen and oxygen atoms in total. The van der Waals surface area contributed by atoms with Gasteiger partial charge in [-0.1, -0.05) is 30.3 Å². The summed E-state index contributed by atoms with van der Waals surface area (Å²) in [5.41, 5.74) is 10.3. The van der Waals surface area contributed by atoms with Crippen LogP contribution in [0.4, 0.5) is 11.4 Å². The third-order valence-electron chi connectivity index (χ3n) is 3.50. The van der Waals surface area contributed by atoms with Crippen LogP contribution in [-0.4, -0.2) is 5.91 Å². The van der Waals surface area contributed by atoms with Crippen molar-refractivity contribution in [1.29, 1.82) is 0 Å². The minimum atomic E-state index is -0.187. The molecule has 2 rings (SSSR count). The molecule has 0 fully saturated rings. The van der Waals surface area contributed by atoms with Crippen LogP contribution >= 0.6 is 0 Å². The first kappa shape index (κ1) is 14.1. The Morgan fingerprint density at radius 3 is 2.20 bits per heavy atom. The molecule has 20 heavy (non-hydrogen) atoms. The number of nitrogens with one attached hydrogen (secondary N) is 1. The van der Waals surface area contributed by atoms with Crippen molar-refractivity contribution in [3.8, 4) is 0 Å². The number of rotatable bonds is 3. The lowest BCUT2D eigenvalue weighted by Gasteiger charge is -2.16. The summed E-state index contributed by atoms with van der Waals surface area (Å²) in [5.74, 6) is -0.195. The summed E-state index contributed by atoms with van der Waals surface area (Å²) in [6, 6.07) is 13.5. The SMILES string of the molecule is Cc1cc(N)cc(C)c1NC(=O)C(C)c1ccccc1. The molecule has 1 unspecified atom stereocenters. The van der Waals surface area contributed by atoms with E-state index in [-0.39, 0.29) is 11.8 Å². The molecule has 0 aromatic heterocycles. The van der Waals surface area contributed by atoms with Crippen molar-refractivity contribution in [2.45, 2.75) is 26.7 Å². The van der Waals surface area contributed by atoms with E-state index in [1.807, 2.05) is 63.2 Å². The first-order valence-corrected chi connectivity index (χ1v) is 6.71. The van der Waals surface area contributed by atoms with Crippen molar-refractivity contribution in [3.63, 3.8) is 0 Å². The van der Waals surface area contributed by atoms with Crippen LogP contribution in [-0.2, 0) is 4.79 Å². The average Bonchev–Trinajstić information content (AvgIpc) is 2.42. The van der Waals surface area contributed by atoms with Crippen molar-refractivity contribution in [2.24, 2.45) is 0 Å². The van der Waals surface area contributed by atoms with E-state index in [0.29, 0.717) is 5.69 Å². The van der Waals surface area contributed by atoms with E-state index in [4.69, 9.17) is 5.73 Å². The maximum absolute atomic E-state index is 12.4. The zero-order valence-corrected chi connectivity index (χ0v) is 12.1. The molecule has 1 amide bonds. The van der Waals surface area contributed by atoms with Crippen LogP contribution in [0.25, 0.3) is 0 Å². The largest absolute Gasteiger partial charge is 0.399 e. The smallest absolute Gasteiger partial charge is 0.231 e. The Labute approximate surface area is 119 Å². The quantitative estimate of drug-likeness (QED) is 0.835. The Bertz CT molecular complexity index is 597. The Kier molecular flexibility index (Phi) is 4.08. The molecule has 0 aliphatic carbocycles. The van der Waals surface area contributed by atoms with Gasteiger partial charge in [0.1, 0.15) is 0 Å². The van der Waals surface area contributed by atoms with Gasteiger partial charge in [0.05, 0.1) is 5.92 Å². The summed E-state index contributed by atoms with van der Waals surface area (Å²) >= 11 is 0. The highest BCUT2D eigenvalue weighted by Crippen LogP contribution is 2.25. The summed E-state index contributed by atoms with van der Waals surface area (Å²) in [7, 11) is 0. The number of amides is 1. The zero-order chi connectivity index (χ0) is 14.7. The normalized spacial score (nSPS) is 11.9. The molecule has 1 atom stereocenters. The second-order valence-corrected chi connectivity index (χ2v) is 5.15. The number of aryl methyl sites for hydroxylation is 2. The monoisotopic (exact) mass is 268 g/mol. The molecule has 2 aromatic carbocycles.